The molecule has 1 aromatic rings. The zero-order valence-electron chi connectivity index (χ0n) is 9.53. The maximum absolute atomic E-state index is 11.5. The number of thiophene rings is 1. The summed E-state index contributed by atoms with van der Waals surface area (Å²) in [5.41, 5.74) is 5.52. The van der Waals surface area contributed by atoms with E-state index in [1.54, 1.807) is 6.07 Å². The van der Waals surface area contributed by atoms with Gasteiger partial charge in [-0.2, -0.15) is 0 Å². The van der Waals surface area contributed by atoms with Crippen molar-refractivity contribution in [3.8, 4) is 0 Å². The number of carbonyl (C=O) groups is 1. The molecule has 3 nitrogen and oxygen atoms in total. The topological polar surface area (TPSA) is 41.1 Å². The minimum atomic E-state index is -0.0723. The molecule has 0 bridgehead atoms. The second kappa shape index (κ2) is 8.07. The third-order valence-electron chi connectivity index (χ3n) is 2.06. The van der Waals surface area contributed by atoms with E-state index in [9.17, 15) is 4.79 Å². The second-order valence-electron chi connectivity index (χ2n) is 3.43. The summed E-state index contributed by atoms with van der Waals surface area (Å²) in [6.45, 7) is 2.84. The van der Waals surface area contributed by atoms with Crippen molar-refractivity contribution >= 4 is 17.2 Å². The van der Waals surface area contributed by atoms with Crippen molar-refractivity contribution in [2.24, 2.45) is 0 Å². The molecule has 0 saturated heterocycles. The fourth-order valence-corrected chi connectivity index (χ4v) is 1.80. The van der Waals surface area contributed by atoms with Gasteiger partial charge < -0.3 is 0 Å². The Morgan fingerprint density at radius 1 is 1.50 bits per heavy atom. The van der Waals surface area contributed by atoms with Crippen molar-refractivity contribution in [3.63, 3.8) is 0 Å². The summed E-state index contributed by atoms with van der Waals surface area (Å²) in [7, 11) is 0. The summed E-state index contributed by atoms with van der Waals surface area (Å²) in [6, 6.07) is 3.67. The van der Waals surface area contributed by atoms with Crippen LogP contribution in [0.2, 0.25) is 0 Å². The Morgan fingerprint density at radius 2 is 2.38 bits per heavy atom. The molecule has 1 rings (SSSR count). The fourth-order valence-electron chi connectivity index (χ4n) is 1.18. The van der Waals surface area contributed by atoms with Crippen LogP contribution in [0.3, 0.4) is 0 Å². The lowest BCUT2D eigenvalue weighted by Crippen LogP contribution is -2.36. The lowest BCUT2D eigenvalue weighted by Gasteiger charge is -2.02. The number of nitrogens with one attached hydrogen (secondary N) is 2. The molecule has 0 radical (unpaired) electrons. The van der Waals surface area contributed by atoms with Gasteiger partial charge in [-0.05, 0) is 17.9 Å². The van der Waals surface area contributed by atoms with Crippen LogP contribution in [0.25, 0.3) is 0 Å². The minimum absolute atomic E-state index is 0.0723. The molecule has 16 heavy (non-hydrogen) atoms. The summed E-state index contributed by atoms with van der Waals surface area (Å²) >= 11 is 1.44. The van der Waals surface area contributed by atoms with E-state index in [-0.39, 0.29) is 5.91 Å². The van der Waals surface area contributed by atoms with Gasteiger partial charge in [-0.1, -0.05) is 38.0 Å². The highest BCUT2D eigenvalue weighted by atomic mass is 32.1. The van der Waals surface area contributed by atoms with E-state index < -0.39 is 0 Å². The Kier molecular flexibility index (Phi) is 6.53. The third kappa shape index (κ3) is 5.09. The molecule has 1 amide bonds. The first-order valence-corrected chi connectivity index (χ1v) is 6.44. The summed E-state index contributed by atoms with van der Waals surface area (Å²) in [4.78, 5) is 12.2. The van der Waals surface area contributed by atoms with Crippen LogP contribution in [-0.4, -0.2) is 12.5 Å². The van der Waals surface area contributed by atoms with Crippen LogP contribution in [0.1, 0.15) is 35.9 Å². The van der Waals surface area contributed by atoms with Gasteiger partial charge in [-0.25, -0.2) is 5.43 Å². The van der Waals surface area contributed by atoms with E-state index in [2.05, 4.69) is 23.9 Å². The normalized spacial score (nSPS) is 10.8. The van der Waals surface area contributed by atoms with Crippen LogP contribution in [0, 0.1) is 0 Å². The molecule has 0 aliphatic heterocycles. The number of hydrazine groups is 1. The predicted molar refractivity (Wildman–Crippen MR) is 68.5 cm³/mol. The van der Waals surface area contributed by atoms with Gasteiger partial charge in [-0.3, -0.25) is 10.2 Å². The Labute approximate surface area is 101 Å². The van der Waals surface area contributed by atoms with Crippen LogP contribution >= 0.6 is 11.3 Å². The van der Waals surface area contributed by atoms with Crippen LogP contribution in [0.4, 0.5) is 0 Å². The molecule has 0 aliphatic carbocycles. The van der Waals surface area contributed by atoms with Gasteiger partial charge >= 0.3 is 0 Å². The maximum atomic E-state index is 11.5. The van der Waals surface area contributed by atoms with Crippen molar-refractivity contribution in [1.82, 2.24) is 10.9 Å². The van der Waals surface area contributed by atoms with Gasteiger partial charge in [0.25, 0.3) is 5.91 Å². The fraction of sp³-hybridized carbons (Fsp3) is 0.417. The largest absolute Gasteiger partial charge is 0.286 e. The first kappa shape index (κ1) is 12.9. The van der Waals surface area contributed by atoms with E-state index in [1.165, 1.54) is 24.2 Å². The molecule has 0 aliphatic rings. The second-order valence-corrected chi connectivity index (χ2v) is 4.37. The molecule has 0 fully saturated rings. The van der Waals surface area contributed by atoms with Gasteiger partial charge in [0.15, 0.2) is 0 Å². The monoisotopic (exact) mass is 238 g/mol. The van der Waals surface area contributed by atoms with E-state index in [0.29, 0.717) is 6.54 Å². The zero-order valence-corrected chi connectivity index (χ0v) is 10.3. The van der Waals surface area contributed by atoms with E-state index in [4.69, 9.17) is 0 Å². The molecule has 1 heterocycles. The molecular weight excluding hydrogens is 220 g/mol. The summed E-state index contributed by atoms with van der Waals surface area (Å²) in [6.07, 6.45) is 7.71. The van der Waals surface area contributed by atoms with Crippen LogP contribution in [0.15, 0.2) is 29.7 Å². The van der Waals surface area contributed by atoms with Crippen LogP contribution < -0.4 is 10.9 Å². The van der Waals surface area contributed by atoms with Crippen LogP contribution in [-0.2, 0) is 0 Å². The van der Waals surface area contributed by atoms with Gasteiger partial charge in [-0.15, -0.1) is 11.3 Å². The zero-order chi connectivity index (χ0) is 11.6. The highest BCUT2D eigenvalue weighted by molar-refractivity contribution is 7.12. The van der Waals surface area contributed by atoms with Gasteiger partial charge in [0.1, 0.15) is 0 Å². The Balaban J connectivity index is 2.07. The molecular formula is C12H18N2OS. The summed E-state index contributed by atoms with van der Waals surface area (Å²) in [5.74, 6) is -0.0723. The maximum Gasteiger partial charge on any atom is 0.275 e. The van der Waals surface area contributed by atoms with E-state index >= 15 is 0 Å². The number of rotatable bonds is 7. The van der Waals surface area contributed by atoms with Crippen molar-refractivity contribution in [2.75, 3.05) is 6.54 Å². The predicted octanol–water partition coefficient (Wildman–Crippen LogP) is 2.73. The molecule has 0 saturated carbocycles. The molecule has 88 valence electrons. The quantitative estimate of drug-likeness (QED) is 0.435. The van der Waals surface area contributed by atoms with Crippen molar-refractivity contribution < 1.29 is 4.79 Å². The van der Waals surface area contributed by atoms with Crippen LogP contribution in [0.5, 0.6) is 0 Å². The number of unbranched alkanes of at least 4 members (excludes halogenated alkanes) is 2. The molecule has 0 spiro atoms. The van der Waals surface area contributed by atoms with Gasteiger partial charge in [0.2, 0.25) is 0 Å². The minimum Gasteiger partial charge on any atom is -0.286 e. The molecule has 2 N–H and O–H groups in total. The number of amides is 1. The Bertz CT molecular complexity index is 320. The molecule has 1 aromatic heterocycles. The van der Waals surface area contributed by atoms with Crippen molar-refractivity contribution in [1.29, 1.82) is 0 Å². The molecule has 0 atom stereocenters. The van der Waals surface area contributed by atoms with Gasteiger partial charge in [0, 0.05) is 6.54 Å². The lowest BCUT2D eigenvalue weighted by atomic mass is 10.2. The first-order chi connectivity index (χ1) is 7.84. The number of allylic oxidation sites excluding steroid dienone is 1. The number of hydrogen-bond donors (Lipinski definition) is 2. The van der Waals surface area contributed by atoms with E-state index in [0.717, 1.165) is 11.3 Å². The Morgan fingerprint density at radius 3 is 3.06 bits per heavy atom. The number of carbonyl (C=O) groups excluding carboxylic acids is 1. The molecule has 4 heteroatoms. The average molecular weight is 238 g/mol. The summed E-state index contributed by atoms with van der Waals surface area (Å²) < 4.78 is 0. The molecule has 0 aromatic carbocycles. The number of hydrogen-bond acceptors (Lipinski definition) is 3. The third-order valence-corrected chi connectivity index (χ3v) is 2.93. The molecule has 0 unspecified atom stereocenters. The average Bonchev–Trinajstić information content (AvgIpc) is 2.81. The standard InChI is InChI=1S/C12H18N2OS/c1-2-3-4-5-6-9-13-14-12(15)11-8-7-10-16-11/h5-8,10,13H,2-4,9H2,1H3,(H,14,15)/b6-5+. The van der Waals surface area contributed by atoms with Crippen molar-refractivity contribution in [2.45, 2.75) is 26.2 Å². The van der Waals surface area contributed by atoms with E-state index in [1.807, 2.05) is 17.5 Å². The highest BCUT2D eigenvalue weighted by Gasteiger charge is 2.03. The van der Waals surface area contributed by atoms with Crippen molar-refractivity contribution in [3.05, 3.63) is 34.5 Å². The Hall–Kier alpha value is -1.13. The highest BCUT2D eigenvalue weighted by Crippen LogP contribution is 2.06. The van der Waals surface area contributed by atoms with Gasteiger partial charge in [0.05, 0.1) is 4.88 Å². The SMILES string of the molecule is CCCC/C=C/CNNC(=O)c1cccs1. The first-order valence-electron chi connectivity index (χ1n) is 5.56. The summed E-state index contributed by atoms with van der Waals surface area (Å²) in [5, 5.41) is 1.89. The smallest absolute Gasteiger partial charge is 0.275 e. The lowest BCUT2D eigenvalue weighted by molar-refractivity contribution is 0.0939.